The van der Waals surface area contributed by atoms with Gasteiger partial charge in [0.1, 0.15) is 6.10 Å². The van der Waals surface area contributed by atoms with Crippen molar-refractivity contribution in [3.05, 3.63) is 0 Å². The van der Waals surface area contributed by atoms with Crippen LogP contribution in [0.15, 0.2) is 0 Å². The highest BCUT2D eigenvalue weighted by Gasteiger charge is 2.29. The summed E-state index contributed by atoms with van der Waals surface area (Å²) in [5.74, 6) is 0.731. The number of alkyl halides is 1. The van der Waals surface area contributed by atoms with Gasteiger partial charge in [-0.25, -0.2) is 0 Å². The van der Waals surface area contributed by atoms with Gasteiger partial charge in [0.05, 0.1) is 0 Å². The molecule has 1 amide bonds. The molecule has 0 aliphatic carbocycles. The summed E-state index contributed by atoms with van der Waals surface area (Å²) in [7, 11) is 0. The van der Waals surface area contributed by atoms with Crippen molar-refractivity contribution >= 4 is 17.5 Å². The van der Waals surface area contributed by atoms with E-state index in [4.69, 9.17) is 16.3 Å². The molecule has 1 rings (SSSR count). The third-order valence-corrected chi connectivity index (χ3v) is 2.91. The Balaban J connectivity index is 2.49. The van der Waals surface area contributed by atoms with Gasteiger partial charge in [-0.05, 0) is 33.1 Å². The average molecular weight is 234 g/mol. The Morgan fingerprint density at radius 3 is 2.80 bits per heavy atom. The lowest BCUT2D eigenvalue weighted by Gasteiger charge is -2.28. The second kappa shape index (κ2) is 6.33. The van der Waals surface area contributed by atoms with Crippen molar-refractivity contribution < 1.29 is 9.53 Å². The molecule has 1 atom stereocenters. The van der Waals surface area contributed by atoms with Crippen LogP contribution in [0.4, 0.5) is 0 Å². The maximum atomic E-state index is 12.1. The van der Waals surface area contributed by atoms with E-state index < -0.39 is 0 Å². The molecule has 15 heavy (non-hydrogen) atoms. The predicted octanol–water partition coefficient (Wildman–Crippen LogP) is 2.03. The molecule has 1 heterocycles. The maximum Gasteiger partial charge on any atom is 0.251 e. The number of rotatable bonds is 5. The monoisotopic (exact) mass is 233 g/mol. The molecule has 0 saturated carbocycles. The average Bonchev–Trinajstić information content (AvgIpc) is 2.70. The van der Waals surface area contributed by atoms with E-state index in [9.17, 15) is 4.79 Å². The molecule has 0 radical (unpaired) electrons. The lowest BCUT2D eigenvalue weighted by atomic mass is 10.2. The van der Waals surface area contributed by atoms with Crippen molar-refractivity contribution in [3.8, 4) is 0 Å². The van der Waals surface area contributed by atoms with Crippen LogP contribution in [-0.2, 0) is 9.53 Å². The fourth-order valence-electron chi connectivity index (χ4n) is 1.81. The molecule has 1 aliphatic heterocycles. The van der Waals surface area contributed by atoms with E-state index >= 15 is 0 Å². The smallest absolute Gasteiger partial charge is 0.251 e. The molecule has 0 bridgehead atoms. The van der Waals surface area contributed by atoms with Crippen LogP contribution in [-0.4, -0.2) is 42.0 Å². The highest BCUT2D eigenvalue weighted by atomic mass is 35.5. The van der Waals surface area contributed by atoms with Crippen molar-refractivity contribution in [2.24, 2.45) is 0 Å². The van der Waals surface area contributed by atoms with Crippen molar-refractivity contribution in [1.29, 1.82) is 0 Å². The van der Waals surface area contributed by atoms with Crippen LogP contribution in [0.3, 0.4) is 0 Å². The van der Waals surface area contributed by atoms with E-state index in [2.05, 4.69) is 0 Å². The molecule has 3 nitrogen and oxygen atoms in total. The first-order valence-electron chi connectivity index (χ1n) is 5.65. The van der Waals surface area contributed by atoms with E-state index in [-0.39, 0.29) is 18.1 Å². The van der Waals surface area contributed by atoms with E-state index in [1.54, 1.807) is 0 Å². The van der Waals surface area contributed by atoms with Crippen LogP contribution in [0.1, 0.15) is 33.1 Å². The number of hydrogen-bond donors (Lipinski definition) is 0. The summed E-state index contributed by atoms with van der Waals surface area (Å²) in [6, 6.07) is 0.227. The molecule has 0 aromatic rings. The molecular formula is C11H20ClNO2. The minimum absolute atomic E-state index is 0.132. The van der Waals surface area contributed by atoms with Gasteiger partial charge in [0, 0.05) is 25.1 Å². The SMILES string of the molecule is CC(C)N(CCCCl)C(=O)C1CCCO1. The second-order valence-corrected chi connectivity index (χ2v) is 4.55. The van der Waals surface area contributed by atoms with Crippen LogP contribution in [0.5, 0.6) is 0 Å². The zero-order chi connectivity index (χ0) is 11.3. The van der Waals surface area contributed by atoms with Gasteiger partial charge in [-0.2, -0.15) is 0 Å². The van der Waals surface area contributed by atoms with Gasteiger partial charge in [0.2, 0.25) is 0 Å². The Labute approximate surface area is 96.7 Å². The van der Waals surface area contributed by atoms with Gasteiger partial charge in [-0.3, -0.25) is 4.79 Å². The highest BCUT2D eigenvalue weighted by Crippen LogP contribution is 2.16. The summed E-state index contributed by atoms with van der Waals surface area (Å²) in [6.45, 7) is 5.51. The van der Waals surface area contributed by atoms with Crippen molar-refractivity contribution in [2.45, 2.75) is 45.3 Å². The quantitative estimate of drug-likeness (QED) is 0.680. The molecule has 0 aromatic carbocycles. The fourth-order valence-corrected chi connectivity index (χ4v) is 1.93. The topological polar surface area (TPSA) is 29.5 Å². The number of ether oxygens (including phenoxy) is 1. The molecule has 4 heteroatoms. The maximum absolute atomic E-state index is 12.1. The van der Waals surface area contributed by atoms with E-state index in [0.717, 1.165) is 32.4 Å². The molecule has 1 fully saturated rings. The normalized spacial score (nSPS) is 20.9. The van der Waals surface area contributed by atoms with Crippen LogP contribution < -0.4 is 0 Å². The Morgan fingerprint density at radius 1 is 1.60 bits per heavy atom. The van der Waals surface area contributed by atoms with Crippen LogP contribution >= 0.6 is 11.6 Å². The molecule has 88 valence electrons. The lowest BCUT2D eigenvalue weighted by Crippen LogP contribution is -2.43. The van der Waals surface area contributed by atoms with Crippen molar-refractivity contribution in [1.82, 2.24) is 4.90 Å². The standard InChI is InChI=1S/C11H20ClNO2/c1-9(2)13(7-4-6-12)11(14)10-5-3-8-15-10/h9-10H,3-8H2,1-2H3. The third kappa shape index (κ3) is 3.65. The van der Waals surface area contributed by atoms with Gasteiger partial charge in [0.25, 0.3) is 5.91 Å². The van der Waals surface area contributed by atoms with Gasteiger partial charge < -0.3 is 9.64 Å². The van der Waals surface area contributed by atoms with Crippen molar-refractivity contribution in [3.63, 3.8) is 0 Å². The summed E-state index contributed by atoms with van der Waals surface area (Å²) < 4.78 is 5.40. The number of nitrogens with zero attached hydrogens (tertiary/aromatic N) is 1. The summed E-state index contributed by atoms with van der Waals surface area (Å²) >= 11 is 5.65. The van der Waals surface area contributed by atoms with E-state index in [1.165, 1.54) is 0 Å². The summed E-state index contributed by atoms with van der Waals surface area (Å²) in [5, 5.41) is 0. The third-order valence-electron chi connectivity index (χ3n) is 2.64. The Morgan fingerprint density at radius 2 is 2.33 bits per heavy atom. The zero-order valence-electron chi connectivity index (χ0n) is 9.54. The Bertz CT molecular complexity index is 203. The van der Waals surface area contributed by atoms with Crippen LogP contribution in [0.2, 0.25) is 0 Å². The predicted molar refractivity (Wildman–Crippen MR) is 61.2 cm³/mol. The second-order valence-electron chi connectivity index (χ2n) is 4.17. The number of carbonyl (C=O) groups excluding carboxylic acids is 1. The van der Waals surface area contributed by atoms with Crippen LogP contribution in [0, 0.1) is 0 Å². The number of carbonyl (C=O) groups is 1. The van der Waals surface area contributed by atoms with Gasteiger partial charge >= 0.3 is 0 Å². The van der Waals surface area contributed by atoms with Gasteiger partial charge in [-0.1, -0.05) is 0 Å². The molecule has 0 spiro atoms. The van der Waals surface area contributed by atoms with E-state index in [0.29, 0.717) is 5.88 Å². The molecule has 1 aliphatic rings. The molecule has 0 aromatic heterocycles. The van der Waals surface area contributed by atoms with Crippen LogP contribution in [0.25, 0.3) is 0 Å². The lowest BCUT2D eigenvalue weighted by molar-refractivity contribution is -0.142. The minimum Gasteiger partial charge on any atom is -0.368 e. The van der Waals surface area contributed by atoms with E-state index in [1.807, 2.05) is 18.7 Å². The first-order chi connectivity index (χ1) is 7.16. The molecule has 1 saturated heterocycles. The number of amides is 1. The summed E-state index contributed by atoms with van der Waals surface area (Å²) in [6.07, 6.45) is 2.50. The molecule has 0 N–H and O–H groups in total. The molecular weight excluding hydrogens is 214 g/mol. The first kappa shape index (κ1) is 12.8. The first-order valence-corrected chi connectivity index (χ1v) is 6.18. The molecule has 1 unspecified atom stereocenters. The zero-order valence-corrected chi connectivity index (χ0v) is 10.3. The Kier molecular flexibility index (Phi) is 5.40. The van der Waals surface area contributed by atoms with Gasteiger partial charge in [0.15, 0.2) is 0 Å². The highest BCUT2D eigenvalue weighted by molar-refractivity contribution is 6.17. The minimum atomic E-state index is -0.206. The van der Waals surface area contributed by atoms with Crippen molar-refractivity contribution in [2.75, 3.05) is 19.0 Å². The largest absolute Gasteiger partial charge is 0.368 e. The number of hydrogen-bond acceptors (Lipinski definition) is 2. The summed E-state index contributed by atoms with van der Waals surface area (Å²) in [4.78, 5) is 13.9. The fraction of sp³-hybridized carbons (Fsp3) is 0.909. The van der Waals surface area contributed by atoms with Gasteiger partial charge in [-0.15, -0.1) is 11.6 Å². The Hall–Kier alpha value is -0.280. The summed E-state index contributed by atoms with van der Waals surface area (Å²) in [5.41, 5.74) is 0. The number of halogens is 1.